The summed E-state index contributed by atoms with van der Waals surface area (Å²) in [6.45, 7) is 4.00. The Morgan fingerprint density at radius 2 is 1.48 bits per heavy atom. The van der Waals surface area contributed by atoms with Gasteiger partial charge in [0.1, 0.15) is 0 Å². The summed E-state index contributed by atoms with van der Waals surface area (Å²) in [5.41, 5.74) is 1.87. The van der Waals surface area contributed by atoms with E-state index in [9.17, 15) is 4.79 Å². The van der Waals surface area contributed by atoms with E-state index >= 15 is 0 Å². The fourth-order valence-electron chi connectivity index (χ4n) is 3.02. The molecular formula is C21H25N3O7. The molecule has 1 fully saturated rings. The molecule has 0 aliphatic carbocycles. The molecule has 10 nitrogen and oxygen atoms in total. The summed E-state index contributed by atoms with van der Waals surface area (Å²) in [5.74, 6) is -2.09. The lowest BCUT2D eigenvalue weighted by atomic mass is 10.1. The Labute approximate surface area is 179 Å². The minimum atomic E-state index is -1.82. The van der Waals surface area contributed by atoms with Crippen LogP contribution in [0.3, 0.4) is 0 Å². The van der Waals surface area contributed by atoms with Crippen molar-refractivity contribution in [2.24, 2.45) is 0 Å². The van der Waals surface area contributed by atoms with Crippen molar-refractivity contribution in [1.29, 1.82) is 0 Å². The van der Waals surface area contributed by atoms with Gasteiger partial charge in [0.2, 0.25) is 0 Å². The molecule has 1 aliphatic rings. The summed E-state index contributed by atoms with van der Waals surface area (Å²) in [6.07, 6.45) is 3.31. The van der Waals surface area contributed by atoms with E-state index < -0.39 is 11.9 Å². The largest absolute Gasteiger partial charge is 0.493 e. The van der Waals surface area contributed by atoms with E-state index in [4.69, 9.17) is 29.3 Å². The second-order valence-corrected chi connectivity index (χ2v) is 6.60. The van der Waals surface area contributed by atoms with E-state index in [1.165, 1.54) is 5.56 Å². The maximum Gasteiger partial charge on any atom is 0.414 e. The standard InChI is InChI=1S/C19H23N3O3.C2H2O4/c1-24-17-4-3-15(13-18(17)25-2)14-21-9-11-22(12-10-21)19(23)16-5-7-20-8-6-16;3-1(4)2(5)6/h3-8,13H,9-12,14H2,1-2H3;(H,3,4)(H,5,6). The molecule has 0 spiro atoms. The number of ether oxygens (including phenoxy) is 2. The minimum absolute atomic E-state index is 0.0770. The summed E-state index contributed by atoms with van der Waals surface area (Å²) < 4.78 is 10.6. The van der Waals surface area contributed by atoms with Crippen LogP contribution in [-0.4, -0.2) is 83.2 Å². The molecule has 0 radical (unpaired) electrons. The monoisotopic (exact) mass is 431 g/mol. The Morgan fingerprint density at radius 1 is 0.903 bits per heavy atom. The number of hydrogen-bond acceptors (Lipinski definition) is 7. The van der Waals surface area contributed by atoms with Crippen molar-refractivity contribution in [3.8, 4) is 11.5 Å². The lowest BCUT2D eigenvalue weighted by Crippen LogP contribution is -2.48. The maximum absolute atomic E-state index is 12.5. The topological polar surface area (TPSA) is 130 Å². The molecule has 166 valence electrons. The highest BCUT2D eigenvalue weighted by Crippen LogP contribution is 2.28. The molecule has 1 saturated heterocycles. The van der Waals surface area contributed by atoms with Crippen molar-refractivity contribution in [3.63, 3.8) is 0 Å². The van der Waals surface area contributed by atoms with Crippen LogP contribution < -0.4 is 9.47 Å². The Balaban J connectivity index is 0.000000501. The average molecular weight is 431 g/mol. The van der Waals surface area contributed by atoms with E-state index in [2.05, 4.69) is 16.0 Å². The first kappa shape index (κ1) is 23.6. The van der Waals surface area contributed by atoms with Crippen molar-refractivity contribution in [2.45, 2.75) is 6.54 Å². The summed E-state index contributed by atoms with van der Waals surface area (Å²) in [5, 5.41) is 14.8. The summed E-state index contributed by atoms with van der Waals surface area (Å²) in [6, 6.07) is 9.51. The van der Waals surface area contributed by atoms with Crippen LogP contribution in [-0.2, 0) is 16.1 Å². The average Bonchev–Trinajstić information content (AvgIpc) is 2.80. The van der Waals surface area contributed by atoms with Gasteiger partial charge < -0.3 is 24.6 Å². The van der Waals surface area contributed by atoms with E-state index in [0.717, 1.165) is 44.2 Å². The van der Waals surface area contributed by atoms with Gasteiger partial charge in [-0.3, -0.25) is 14.7 Å². The van der Waals surface area contributed by atoms with Gasteiger partial charge in [-0.05, 0) is 29.8 Å². The number of amides is 1. The summed E-state index contributed by atoms with van der Waals surface area (Å²) in [7, 11) is 3.28. The molecule has 10 heteroatoms. The zero-order valence-electron chi connectivity index (χ0n) is 17.4. The van der Waals surface area contributed by atoms with Gasteiger partial charge in [-0.25, -0.2) is 9.59 Å². The highest BCUT2D eigenvalue weighted by molar-refractivity contribution is 6.27. The number of carboxylic acids is 2. The number of carboxylic acid groups (broad SMARTS) is 2. The van der Waals surface area contributed by atoms with E-state index in [-0.39, 0.29) is 5.91 Å². The number of aliphatic carboxylic acids is 2. The second kappa shape index (κ2) is 11.5. The minimum Gasteiger partial charge on any atom is -0.493 e. The van der Waals surface area contributed by atoms with Crippen molar-refractivity contribution in [2.75, 3.05) is 40.4 Å². The predicted octanol–water partition coefficient (Wildman–Crippen LogP) is 1.21. The third-order valence-corrected chi connectivity index (χ3v) is 4.62. The van der Waals surface area contributed by atoms with Gasteiger partial charge in [-0.1, -0.05) is 6.07 Å². The Kier molecular flexibility index (Phi) is 8.77. The molecule has 3 rings (SSSR count). The quantitative estimate of drug-likeness (QED) is 0.671. The van der Waals surface area contributed by atoms with Crippen LogP contribution in [0.4, 0.5) is 0 Å². The smallest absolute Gasteiger partial charge is 0.414 e. The predicted molar refractivity (Wildman–Crippen MR) is 110 cm³/mol. The van der Waals surface area contributed by atoms with Gasteiger partial charge in [0.15, 0.2) is 11.5 Å². The van der Waals surface area contributed by atoms with Crippen molar-refractivity contribution >= 4 is 17.8 Å². The molecular weight excluding hydrogens is 406 g/mol. The second-order valence-electron chi connectivity index (χ2n) is 6.60. The number of methoxy groups -OCH3 is 2. The lowest BCUT2D eigenvalue weighted by molar-refractivity contribution is -0.159. The number of piperazine rings is 1. The Bertz CT molecular complexity index is 885. The number of nitrogens with zero attached hydrogens (tertiary/aromatic N) is 3. The molecule has 0 saturated carbocycles. The van der Waals surface area contributed by atoms with Crippen LogP contribution in [0, 0.1) is 0 Å². The molecule has 1 amide bonds. The molecule has 1 aliphatic heterocycles. The molecule has 0 unspecified atom stereocenters. The number of carbonyl (C=O) groups excluding carboxylic acids is 1. The van der Waals surface area contributed by atoms with Gasteiger partial charge in [-0.15, -0.1) is 0 Å². The van der Waals surface area contributed by atoms with E-state index in [1.807, 2.05) is 17.0 Å². The van der Waals surface area contributed by atoms with E-state index in [0.29, 0.717) is 5.56 Å². The third-order valence-electron chi connectivity index (χ3n) is 4.62. The van der Waals surface area contributed by atoms with Crippen LogP contribution in [0.15, 0.2) is 42.7 Å². The number of hydrogen-bond donors (Lipinski definition) is 2. The molecule has 1 aromatic carbocycles. The molecule has 2 heterocycles. The van der Waals surface area contributed by atoms with E-state index in [1.54, 1.807) is 38.7 Å². The van der Waals surface area contributed by atoms with Crippen LogP contribution in [0.1, 0.15) is 15.9 Å². The maximum atomic E-state index is 12.5. The first-order chi connectivity index (χ1) is 14.8. The zero-order chi connectivity index (χ0) is 22.8. The van der Waals surface area contributed by atoms with Crippen molar-refractivity contribution < 1.29 is 34.1 Å². The highest BCUT2D eigenvalue weighted by Gasteiger charge is 2.22. The molecule has 0 bridgehead atoms. The third kappa shape index (κ3) is 6.96. The first-order valence-corrected chi connectivity index (χ1v) is 9.44. The summed E-state index contributed by atoms with van der Waals surface area (Å²) in [4.78, 5) is 38.9. The molecule has 31 heavy (non-hydrogen) atoms. The van der Waals surface area contributed by atoms with Crippen LogP contribution in [0.25, 0.3) is 0 Å². The van der Waals surface area contributed by atoms with Crippen LogP contribution in [0.2, 0.25) is 0 Å². The number of rotatable bonds is 5. The number of carbonyl (C=O) groups is 3. The van der Waals surface area contributed by atoms with Crippen molar-refractivity contribution in [3.05, 3.63) is 53.9 Å². The summed E-state index contributed by atoms with van der Waals surface area (Å²) >= 11 is 0. The van der Waals surface area contributed by atoms with Gasteiger partial charge in [0.05, 0.1) is 14.2 Å². The fraction of sp³-hybridized carbons (Fsp3) is 0.333. The molecule has 2 aromatic rings. The Hall–Kier alpha value is -3.66. The van der Waals surface area contributed by atoms with Crippen molar-refractivity contribution in [1.82, 2.24) is 14.8 Å². The number of pyridine rings is 1. The normalized spacial score (nSPS) is 13.5. The lowest BCUT2D eigenvalue weighted by Gasteiger charge is -2.34. The van der Waals surface area contributed by atoms with Crippen LogP contribution in [0.5, 0.6) is 11.5 Å². The number of benzene rings is 1. The van der Waals surface area contributed by atoms with Gasteiger partial charge >= 0.3 is 11.9 Å². The van der Waals surface area contributed by atoms with Gasteiger partial charge in [0, 0.05) is 50.7 Å². The molecule has 0 atom stereocenters. The number of aromatic nitrogens is 1. The molecule has 1 aromatic heterocycles. The Morgan fingerprint density at radius 3 is 2.00 bits per heavy atom. The van der Waals surface area contributed by atoms with Gasteiger partial charge in [0.25, 0.3) is 5.91 Å². The fourth-order valence-corrected chi connectivity index (χ4v) is 3.02. The van der Waals surface area contributed by atoms with Crippen LogP contribution >= 0.6 is 0 Å². The van der Waals surface area contributed by atoms with Gasteiger partial charge in [-0.2, -0.15) is 0 Å². The highest BCUT2D eigenvalue weighted by atomic mass is 16.5. The SMILES string of the molecule is COc1ccc(CN2CCN(C(=O)c3ccncc3)CC2)cc1OC.O=C(O)C(=O)O. The zero-order valence-corrected chi connectivity index (χ0v) is 17.4. The first-order valence-electron chi connectivity index (χ1n) is 9.44. The molecule has 2 N–H and O–H groups in total.